The average molecular weight is 448 g/mol. The van der Waals surface area contributed by atoms with Gasteiger partial charge in [-0.15, -0.1) is 0 Å². The van der Waals surface area contributed by atoms with Crippen molar-refractivity contribution in [2.45, 2.75) is 43.7 Å². The Morgan fingerprint density at radius 3 is 2.36 bits per heavy atom. The second kappa shape index (κ2) is 7.07. The number of rotatable bonds is 6. The molecule has 2 N–H and O–H groups in total. The van der Waals surface area contributed by atoms with Crippen LogP contribution in [0.4, 0.5) is 0 Å². The van der Waals surface area contributed by atoms with Crippen LogP contribution in [0.3, 0.4) is 0 Å². The lowest BCUT2D eigenvalue weighted by Crippen LogP contribution is -2.45. The topological polar surface area (TPSA) is 84.9 Å². The van der Waals surface area contributed by atoms with Crippen molar-refractivity contribution in [1.82, 2.24) is 5.32 Å². The number of ether oxygens (including phenoxy) is 2. The Bertz CT molecular complexity index is 1120. The van der Waals surface area contributed by atoms with Crippen molar-refractivity contribution in [1.29, 1.82) is 0 Å². The Labute approximate surface area is 193 Å². The molecule has 1 amide bonds. The third-order valence-electron chi connectivity index (χ3n) is 8.97. The molecule has 0 aromatic heterocycles. The van der Waals surface area contributed by atoms with Gasteiger partial charge in [-0.1, -0.05) is 30.3 Å². The highest BCUT2D eigenvalue weighted by molar-refractivity contribution is 6.11. The zero-order valence-electron chi connectivity index (χ0n) is 19.0. The molecule has 172 valence electrons. The number of methoxy groups -OCH3 is 2. The van der Waals surface area contributed by atoms with Gasteiger partial charge in [0.15, 0.2) is 5.78 Å². The van der Waals surface area contributed by atoms with Crippen LogP contribution < -0.4 is 14.8 Å². The third-order valence-corrected chi connectivity index (χ3v) is 8.97. The maximum Gasteiger partial charge on any atom is 0.259 e. The zero-order valence-corrected chi connectivity index (χ0v) is 19.0. The van der Waals surface area contributed by atoms with Crippen molar-refractivity contribution in [2.75, 3.05) is 14.2 Å². The predicted octanol–water partition coefficient (Wildman–Crippen LogP) is 3.60. The van der Waals surface area contributed by atoms with Crippen LogP contribution in [0.1, 0.15) is 58.4 Å². The van der Waals surface area contributed by atoms with E-state index in [0.717, 1.165) is 32.1 Å². The number of nitrogens with one attached hydrogen (secondary N) is 1. The van der Waals surface area contributed by atoms with Crippen LogP contribution in [0.5, 0.6) is 11.5 Å². The first kappa shape index (κ1) is 20.7. The van der Waals surface area contributed by atoms with Gasteiger partial charge in [-0.25, -0.2) is 0 Å². The third kappa shape index (κ3) is 2.89. The Kier molecular flexibility index (Phi) is 4.44. The van der Waals surface area contributed by atoms with Crippen LogP contribution in [0.2, 0.25) is 0 Å². The first-order valence-corrected chi connectivity index (χ1v) is 11.8. The van der Waals surface area contributed by atoms with Gasteiger partial charge in [0.2, 0.25) is 0 Å². The monoisotopic (exact) mass is 447 g/mol. The molecule has 4 fully saturated rings. The molecule has 2 bridgehead atoms. The van der Waals surface area contributed by atoms with Crippen LogP contribution in [-0.2, 0) is 0 Å². The van der Waals surface area contributed by atoms with E-state index in [2.05, 4.69) is 5.32 Å². The predicted molar refractivity (Wildman–Crippen MR) is 122 cm³/mol. The maximum absolute atomic E-state index is 13.5. The number of hydrogen-bond acceptors (Lipinski definition) is 5. The van der Waals surface area contributed by atoms with Crippen molar-refractivity contribution in [2.24, 2.45) is 23.2 Å². The molecule has 6 nitrogen and oxygen atoms in total. The largest absolute Gasteiger partial charge is 0.496 e. The lowest BCUT2D eigenvalue weighted by Gasteiger charge is -2.33. The number of carbonyl (C=O) groups excluding carboxylic acids is 2. The van der Waals surface area contributed by atoms with Gasteiger partial charge in [-0.05, 0) is 67.4 Å². The maximum atomic E-state index is 13.5. The van der Waals surface area contributed by atoms with E-state index >= 15 is 0 Å². The number of aliphatic hydroxyl groups is 1. The molecule has 0 radical (unpaired) electrons. The Hall–Kier alpha value is -2.86. The van der Waals surface area contributed by atoms with E-state index in [-0.39, 0.29) is 23.1 Å². The Morgan fingerprint density at radius 1 is 1.00 bits per heavy atom. The summed E-state index contributed by atoms with van der Waals surface area (Å²) in [6.45, 7) is 0. The SMILES string of the molecule is COc1cc(C(=O)c2ccccc2)cc(OC)c1C(=O)N[C@@H]1C2CC3C4(CC[C@@]3(O)C2)CC14. The van der Waals surface area contributed by atoms with Crippen molar-refractivity contribution >= 4 is 11.7 Å². The van der Waals surface area contributed by atoms with E-state index < -0.39 is 5.60 Å². The molecular formula is C27H29NO5. The molecule has 6 heteroatoms. The molecule has 1 spiro atoms. The zero-order chi connectivity index (χ0) is 23.0. The number of hydrogen-bond donors (Lipinski definition) is 2. The minimum absolute atomic E-state index is 0.0584. The van der Waals surface area contributed by atoms with Crippen LogP contribution >= 0.6 is 0 Å². The lowest BCUT2D eigenvalue weighted by molar-refractivity contribution is 0.0116. The normalized spacial score (nSPS) is 35.0. The molecule has 6 rings (SSSR count). The molecule has 4 aliphatic carbocycles. The summed E-state index contributed by atoms with van der Waals surface area (Å²) in [4.78, 5) is 26.5. The summed E-state index contributed by atoms with van der Waals surface area (Å²) in [5, 5.41) is 14.4. The van der Waals surface area contributed by atoms with E-state index in [9.17, 15) is 14.7 Å². The van der Waals surface area contributed by atoms with Gasteiger partial charge in [0.25, 0.3) is 5.91 Å². The molecule has 4 saturated carbocycles. The second-order valence-corrected chi connectivity index (χ2v) is 10.4. The molecule has 4 unspecified atom stereocenters. The fraction of sp³-hybridized carbons (Fsp3) is 0.481. The van der Waals surface area contributed by atoms with Crippen LogP contribution in [0, 0.1) is 23.2 Å². The van der Waals surface area contributed by atoms with Gasteiger partial charge >= 0.3 is 0 Å². The van der Waals surface area contributed by atoms with Crippen molar-refractivity contribution in [3.8, 4) is 11.5 Å². The molecule has 6 atom stereocenters. The van der Waals surface area contributed by atoms with E-state index in [1.54, 1.807) is 24.3 Å². The number of carbonyl (C=O) groups is 2. The standard InChI is InChI=1S/C27H29NO5/c1-32-19-10-16(24(29)15-6-4-3-5-7-15)11-20(33-2)22(19)25(30)28-23-17-12-21-26(14-18(23)26)8-9-27(21,31)13-17/h3-7,10-11,17-18,21,23,31H,8-9,12-14H2,1-2H3,(H,28,30)/t17?,18?,21?,23-,26?,27-/m1/s1. The van der Waals surface area contributed by atoms with E-state index in [0.29, 0.717) is 45.9 Å². The number of ketones is 1. The Morgan fingerprint density at radius 2 is 1.70 bits per heavy atom. The molecule has 2 aromatic rings. The van der Waals surface area contributed by atoms with Gasteiger partial charge in [-0.2, -0.15) is 0 Å². The highest BCUT2D eigenvalue weighted by Gasteiger charge is 2.76. The van der Waals surface area contributed by atoms with Gasteiger partial charge in [0.1, 0.15) is 17.1 Å². The van der Waals surface area contributed by atoms with E-state index in [1.807, 2.05) is 18.2 Å². The minimum Gasteiger partial charge on any atom is -0.496 e. The quantitative estimate of drug-likeness (QED) is 0.661. The van der Waals surface area contributed by atoms with E-state index in [1.165, 1.54) is 14.2 Å². The van der Waals surface area contributed by atoms with Crippen molar-refractivity contribution in [3.63, 3.8) is 0 Å². The van der Waals surface area contributed by atoms with E-state index in [4.69, 9.17) is 9.47 Å². The van der Waals surface area contributed by atoms with Gasteiger partial charge in [0.05, 0.1) is 19.8 Å². The molecule has 0 heterocycles. The molecule has 0 aliphatic heterocycles. The number of fused-ring (bicyclic) bond motifs is 1. The highest BCUT2D eigenvalue weighted by Crippen LogP contribution is 2.78. The van der Waals surface area contributed by atoms with Crippen LogP contribution in [0.25, 0.3) is 0 Å². The fourth-order valence-corrected chi connectivity index (χ4v) is 7.46. The molecule has 33 heavy (non-hydrogen) atoms. The molecule has 2 aromatic carbocycles. The summed E-state index contributed by atoms with van der Waals surface area (Å²) in [7, 11) is 2.99. The van der Waals surface area contributed by atoms with Gasteiger partial charge in [0, 0.05) is 17.2 Å². The minimum atomic E-state index is -0.534. The molecular weight excluding hydrogens is 418 g/mol. The second-order valence-electron chi connectivity index (χ2n) is 10.4. The summed E-state index contributed by atoms with van der Waals surface area (Å²) in [6.07, 6.45) is 4.85. The van der Waals surface area contributed by atoms with Gasteiger partial charge in [-0.3, -0.25) is 9.59 Å². The number of benzene rings is 2. The molecule has 4 aliphatic rings. The smallest absolute Gasteiger partial charge is 0.259 e. The summed E-state index contributed by atoms with van der Waals surface area (Å²) in [6, 6.07) is 12.3. The lowest BCUT2D eigenvalue weighted by atomic mass is 9.77. The van der Waals surface area contributed by atoms with Crippen LogP contribution in [-0.4, -0.2) is 42.7 Å². The Balaban J connectivity index is 1.30. The van der Waals surface area contributed by atoms with Crippen molar-refractivity contribution < 1.29 is 24.2 Å². The van der Waals surface area contributed by atoms with Crippen LogP contribution in [0.15, 0.2) is 42.5 Å². The first-order chi connectivity index (χ1) is 15.9. The highest BCUT2D eigenvalue weighted by atomic mass is 16.5. The summed E-state index contributed by atoms with van der Waals surface area (Å²) in [5.74, 6) is 1.38. The first-order valence-electron chi connectivity index (χ1n) is 11.8. The summed E-state index contributed by atoms with van der Waals surface area (Å²) >= 11 is 0. The summed E-state index contributed by atoms with van der Waals surface area (Å²) in [5.41, 5.74) is 0.962. The molecule has 0 saturated heterocycles. The fourth-order valence-electron chi connectivity index (χ4n) is 7.46. The number of amides is 1. The van der Waals surface area contributed by atoms with Crippen molar-refractivity contribution in [3.05, 3.63) is 59.2 Å². The average Bonchev–Trinajstić information content (AvgIpc) is 3.40. The summed E-state index contributed by atoms with van der Waals surface area (Å²) < 4.78 is 11.1. The van der Waals surface area contributed by atoms with Gasteiger partial charge < -0.3 is 19.9 Å².